The summed E-state index contributed by atoms with van der Waals surface area (Å²) in [6.45, 7) is 5.24. The van der Waals surface area contributed by atoms with Gasteiger partial charge in [0.25, 0.3) is 0 Å². The average Bonchev–Trinajstić information content (AvgIpc) is 3.06. The van der Waals surface area contributed by atoms with Crippen molar-refractivity contribution in [3.8, 4) is 28.5 Å². The fraction of sp³-hybridized carbons (Fsp3) is 0.350. The van der Waals surface area contributed by atoms with Gasteiger partial charge in [-0.3, -0.25) is 0 Å². The van der Waals surface area contributed by atoms with Gasteiger partial charge in [-0.2, -0.15) is 0 Å². The highest BCUT2D eigenvalue weighted by Crippen LogP contribution is 2.30. The maximum absolute atomic E-state index is 12.6. The fourth-order valence-corrected chi connectivity index (χ4v) is 5.19. The van der Waals surface area contributed by atoms with Crippen LogP contribution in [0, 0.1) is 16.2 Å². The number of esters is 1. The Kier molecular flexibility index (Phi) is 8.71. The molecule has 1 N–H and O–H groups in total. The van der Waals surface area contributed by atoms with Gasteiger partial charge < -0.3 is 14.8 Å². The van der Waals surface area contributed by atoms with Gasteiger partial charge >= 0.3 is 12.1 Å². The molecular weight excluding hydrogens is 446 g/mol. The predicted octanol–water partition coefficient (Wildman–Crippen LogP) is 5.37. The van der Waals surface area contributed by atoms with Gasteiger partial charge in [-0.05, 0) is 56.7 Å². The van der Waals surface area contributed by atoms with E-state index >= 15 is 0 Å². The molecule has 0 aliphatic carbocycles. The van der Waals surface area contributed by atoms with Crippen LogP contribution in [0.3, 0.4) is 0 Å². The van der Waals surface area contributed by atoms with Crippen molar-refractivity contribution in [1.29, 1.82) is 0 Å². The highest BCUT2D eigenvalue weighted by atomic mass is 32.9. The van der Waals surface area contributed by atoms with E-state index in [2.05, 4.69) is 11.2 Å². The Morgan fingerprint density at radius 3 is 2.52 bits per heavy atom. The van der Waals surface area contributed by atoms with Crippen LogP contribution in [-0.2, 0) is 9.53 Å². The second-order valence-corrected chi connectivity index (χ2v) is 10.8. The first-order valence-corrected chi connectivity index (χ1v) is 12.3. The average molecular weight is 468 g/mol. The third kappa shape index (κ3) is 8.19. The molecule has 0 aliphatic rings. The van der Waals surface area contributed by atoms with Crippen LogP contribution in [0.15, 0.2) is 30.3 Å². The fourth-order valence-electron chi connectivity index (χ4n) is 2.10. The minimum Gasteiger partial charge on any atom is -0.444 e. The van der Waals surface area contributed by atoms with E-state index in [0.29, 0.717) is 11.5 Å². The highest BCUT2D eigenvalue weighted by Gasteiger charge is 2.26. The van der Waals surface area contributed by atoms with Gasteiger partial charge in [-0.1, -0.05) is 38.8 Å². The number of hydrogen-bond donors (Lipinski definition) is 1. The molecule has 0 aliphatic heterocycles. The van der Waals surface area contributed by atoms with E-state index in [9.17, 15) is 9.59 Å². The minimum atomic E-state index is -0.884. The van der Waals surface area contributed by atoms with Crippen LogP contribution in [-0.4, -0.2) is 35.2 Å². The van der Waals surface area contributed by atoms with Gasteiger partial charge in [-0.25, -0.2) is 9.59 Å². The van der Waals surface area contributed by atoms with Crippen molar-refractivity contribution in [3.05, 3.63) is 34.2 Å². The van der Waals surface area contributed by atoms with Crippen LogP contribution in [0.25, 0.3) is 10.4 Å². The molecule has 5 nitrogen and oxygen atoms in total. The van der Waals surface area contributed by atoms with Crippen molar-refractivity contribution < 1.29 is 19.1 Å². The summed E-state index contributed by atoms with van der Waals surface area (Å²) >= 11 is 6.50. The normalized spacial score (nSPS) is 11.9. The van der Waals surface area contributed by atoms with Gasteiger partial charge in [0.05, 0.1) is 5.75 Å². The van der Waals surface area contributed by atoms with Gasteiger partial charge in [-0.15, -0.1) is 18.2 Å². The molecule has 1 aromatic heterocycles. The van der Waals surface area contributed by atoms with Crippen LogP contribution in [0.2, 0.25) is 0 Å². The van der Waals surface area contributed by atoms with E-state index in [1.165, 1.54) is 22.1 Å². The van der Waals surface area contributed by atoms with Gasteiger partial charge in [0.1, 0.15) is 21.2 Å². The Morgan fingerprint density at radius 1 is 1.28 bits per heavy atom. The van der Waals surface area contributed by atoms with Gasteiger partial charge in [0, 0.05) is 10.6 Å². The molecule has 1 heterocycles. The molecule has 1 atom stereocenters. The largest absolute Gasteiger partial charge is 0.444 e. The van der Waals surface area contributed by atoms with Crippen molar-refractivity contribution in [2.45, 2.75) is 32.4 Å². The number of nitrogens with one attached hydrogen (secondary N) is 1. The highest BCUT2D eigenvalue weighted by molar-refractivity contribution is 7.99. The van der Waals surface area contributed by atoms with Gasteiger partial charge in [0.15, 0.2) is 0 Å². The topological polar surface area (TPSA) is 64.6 Å². The first kappa shape index (κ1) is 23.4. The number of ether oxygens (including phenoxy) is 2. The molecule has 29 heavy (non-hydrogen) atoms. The van der Waals surface area contributed by atoms with E-state index in [1.54, 1.807) is 43.2 Å². The minimum absolute atomic E-state index is 0.276. The number of carbonyl (C=O) groups excluding carboxylic acids is 2. The third-order valence-corrected chi connectivity index (χ3v) is 7.12. The summed E-state index contributed by atoms with van der Waals surface area (Å²) in [6.07, 6.45) is 4.57. The number of alkyl carbamates (subject to hydrolysis) is 1. The maximum atomic E-state index is 12.6. The summed E-state index contributed by atoms with van der Waals surface area (Å²) in [5.74, 6) is 2.98. The summed E-state index contributed by atoms with van der Waals surface area (Å²) in [7, 11) is 3.14. The summed E-state index contributed by atoms with van der Waals surface area (Å²) < 4.78 is 11.5. The lowest BCUT2D eigenvalue weighted by molar-refractivity contribution is -0.136. The molecule has 0 fully saturated rings. The summed E-state index contributed by atoms with van der Waals surface area (Å²) in [4.78, 5) is 25.7. The number of amides is 1. The van der Waals surface area contributed by atoms with E-state index in [1.807, 2.05) is 18.2 Å². The smallest absolute Gasteiger partial charge is 0.408 e. The van der Waals surface area contributed by atoms with E-state index < -0.39 is 23.7 Å². The van der Waals surface area contributed by atoms with Crippen molar-refractivity contribution >= 4 is 56.7 Å². The van der Waals surface area contributed by atoms with Crippen molar-refractivity contribution in [2.75, 3.05) is 11.5 Å². The van der Waals surface area contributed by atoms with Crippen LogP contribution in [0.5, 0.6) is 5.75 Å². The quantitative estimate of drug-likeness (QED) is 0.147. The molecule has 0 spiro atoms. The number of benzene rings is 1. The molecule has 1 amide bonds. The lowest BCUT2D eigenvalue weighted by atomic mass is 10.2. The standard InChI is InChI=1S/C20H21NO4S4/c1-5-10-27-12-15(21-19(23)25-20(2,3)4)18(22)24-14-8-6-13(7-9-14)16-11-17(26)29-28-16/h1,6-9,11,15H,10,12H2,2-4H3,(H,21,23). The Bertz CT molecular complexity index is 935. The van der Waals surface area contributed by atoms with Crippen molar-refractivity contribution in [3.63, 3.8) is 0 Å². The molecule has 0 radical (unpaired) electrons. The monoisotopic (exact) mass is 467 g/mol. The Hall–Kier alpha value is -1.86. The summed E-state index contributed by atoms with van der Waals surface area (Å²) in [5, 5.41) is 2.56. The molecule has 0 saturated carbocycles. The van der Waals surface area contributed by atoms with Crippen molar-refractivity contribution in [2.24, 2.45) is 0 Å². The molecule has 1 unspecified atom stereocenters. The molecule has 1 aromatic carbocycles. The second-order valence-electron chi connectivity index (χ2n) is 6.86. The number of carbonyl (C=O) groups is 2. The Labute approximate surface area is 187 Å². The maximum Gasteiger partial charge on any atom is 0.408 e. The zero-order valence-electron chi connectivity index (χ0n) is 16.2. The SMILES string of the molecule is C#CCSCC(NC(=O)OC(C)(C)C)C(=O)Oc1ccc(-c2cc(=S)ss2)cc1. The first-order valence-electron chi connectivity index (χ1n) is 8.61. The second kappa shape index (κ2) is 10.8. The molecule has 9 heteroatoms. The predicted molar refractivity (Wildman–Crippen MR) is 123 cm³/mol. The Balaban J connectivity index is 2.04. The number of rotatable bonds is 7. The van der Waals surface area contributed by atoms with Gasteiger partial charge in [0.2, 0.25) is 0 Å². The summed E-state index contributed by atoms with van der Waals surface area (Å²) in [5.41, 5.74) is 0.323. The van der Waals surface area contributed by atoms with E-state index in [0.717, 1.165) is 14.3 Å². The summed E-state index contributed by atoms with van der Waals surface area (Å²) in [6, 6.07) is 8.19. The number of thioether (sulfide) groups is 1. The number of hydrogen-bond acceptors (Lipinski definition) is 8. The third-order valence-electron chi connectivity index (χ3n) is 3.27. The van der Waals surface area contributed by atoms with Crippen LogP contribution in [0.1, 0.15) is 20.8 Å². The zero-order valence-corrected chi connectivity index (χ0v) is 19.5. The molecule has 154 valence electrons. The first-order chi connectivity index (χ1) is 13.7. The van der Waals surface area contributed by atoms with Crippen LogP contribution >= 0.6 is 44.7 Å². The molecule has 2 rings (SSSR count). The van der Waals surface area contributed by atoms with Crippen LogP contribution < -0.4 is 10.1 Å². The molecule has 0 saturated heterocycles. The van der Waals surface area contributed by atoms with Crippen LogP contribution in [0.4, 0.5) is 4.79 Å². The molecular formula is C20H21NO4S4. The lowest BCUT2D eigenvalue weighted by Gasteiger charge is -2.22. The van der Waals surface area contributed by atoms with E-state index in [-0.39, 0.29) is 5.75 Å². The van der Waals surface area contributed by atoms with E-state index in [4.69, 9.17) is 28.1 Å². The number of terminal acetylenes is 1. The lowest BCUT2D eigenvalue weighted by Crippen LogP contribution is -2.46. The van der Waals surface area contributed by atoms with Crippen molar-refractivity contribution in [1.82, 2.24) is 5.32 Å². The Morgan fingerprint density at radius 2 is 1.97 bits per heavy atom. The molecule has 2 aromatic rings. The molecule has 0 bridgehead atoms. The zero-order chi connectivity index (χ0) is 21.4.